The number of aryl methyl sites for hydroxylation is 1. The van der Waals surface area contributed by atoms with Crippen LogP contribution in [-0.4, -0.2) is 24.2 Å². The van der Waals surface area contributed by atoms with Gasteiger partial charge >= 0.3 is 0 Å². The molecule has 0 radical (unpaired) electrons. The van der Waals surface area contributed by atoms with E-state index in [2.05, 4.69) is 16.5 Å². The van der Waals surface area contributed by atoms with Crippen LogP contribution in [0.15, 0.2) is 24.5 Å². The van der Waals surface area contributed by atoms with E-state index in [9.17, 15) is 0 Å². The van der Waals surface area contributed by atoms with Crippen LogP contribution >= 0.6 is 0 Å². The van der Waals surface area contributed by atoms with Crippen molar-refractivity contribution in [2.24, 2.45) is 11.8 Å². The summed E-state index contributed by atoms with van der Waals surface area (Å²) < 4.78 is 5.51. The lowest BCUT2D eigenvalue weighted by Crippen LogP contribution is -2.44. The third kappa shape index (κ3) is 3.77. The molecule has 2 unspecified atom stereocenters. The number of pyridine rings is 1. The fraction of sp³-hybridized carbons (Fsp3) is 0.615. The number of nitrogens with two attached hydrogens (primary N) is 1. The van der Waals surface area contributed by atoms with Crippen molar-refractivity contribution in [1.29, 1.82) is 0 Å². The largest absolute Gasteiger partial charge is 0.381 e. The molecule has 2 rings (SSSR count). The number of nitrogens with zero attached hydrogens (tertiary/aromatic N) is 1. The average Bonchev–Trinajstić information content (AvgIpc) is 2.42. The molecule has 0 aliphatic carbocycles. The molecule has 0 spiro atoms. The molecule has 1 aromatic rings. The van der Waals surface area contributed by atoms with Gasteiger partial charge in [0, 0.05) is 25.0 Å². The van der Waals surface area contributed by atoms with Gasteiger partial charge in [0.1, 0.15) is 0 Å². The van der Waals surface area contributed by atoms with Crippen LogP contribution in [0, 0.1) is 5.92 Å². The van der Waals surface area contributed by atoms with E-state index in [0.717, 1.165) is 32.5 Å². The van der Waals surface area contributed by atoms with E-state index in [0.29, 0.717) is 12.0 Å². The van der Waals surface area contributed by atoms with Crippen molar-refractivity contribution < 1.29 is 4.74 Å². The predicted octanol–water partition coefficient (Wildman–Crippen LogP) is 1.27. The molecule has 1 fully saturated rings. The van der Waals surface area contributed by atoms with Gasteiger partial charge in [-0.05, 0) is 43.2 Å². The second kappa shape index (κ2) is 6.69. The Hall–Kier alpha value is -0.970. The first-order valence-corrected chi connectivity index (χ1v) is 6.33. The summed E-state index contributed by atoms with van der Waals surface area (Å²) in [5.74, 6) is 6.19. The highest BCUT2D eigenvalue weighted by atomic mass is 16.5. The third-order valence-corrected chi connectivity index (χ3v) is 3.45. The van der Waals surface area contributed by atoms with Crippen molar-refractivity contribution >= 4 is 0 Å². The molecule has 0 saturated carbocycles. The molecule has 4 nitrogen and oxygen atoms in total. The van der Waals surface area contributed by atoms with Gasteiger partial charge in [-0.15, -0.1) is 0 Å². The molecular weight excluding hydrogens is 214 g/mol. The maximum atomic E-state index is 5.65. The smallest absolute Gasteiger partial charge is 0.0509 e. The van der Waals surface area contributed by atoms with Gasteiger partial charge < -0.3 is 4.74 Å². The van der Waals surface area contributed by atoms with Crippen LogP contribution in [0.3, 0.4) is 0 Å². The Labute approximate surface area is 103 Å². The highest BCUT2D eigenvalue weighted by Crippen LogP contribution is 2.20. The summed E-state index contributed by atoms with van der Waals surface area (Å²) in [6.07, 6.45) is 8.13. The number of aromatic nitrogens is 1. The minimum atomic E-state index is 0.343. The summed E-state index contributed by atoms with van der Waals surface area (Å²) in [4.78, 5) is 4.12. The highest BCUT2D eigenvalue weighted by molar-refractivity contribution is 5.08. The molecule has 17 heavy (non-hydrogen) atoms. The maximum absolute atomic E-state index is 5.65. The zero-order valence-electron chi connectivity index (χ0n) is 10.1. The van der Waals surface area contributed by atoms with Crippen molar-refractivity contribution in [2.75, 3.05) is 13.2 Å². The molecule has 3 N–H and O–H groups in total. The Balaban J connectivity index is 1.82. The Bertz CT molecular complexity index is 312. The maximum Gasteiger partial charge on any atom is 0.0509 e. The van der Waals surface area contributed by atoms with Crippen LogP contribution in [0.1, 0.15) is 24.8 Å². The monoisotopic (exact) mass is 235 g/mol. The lowest BCUT2D eigenvalue weighted by Gasteiger charge is -2.29. The topological polar surface area (TPSA) is 60.2 Å². The van der Waals surface area contributed by atoms with Gasteiger partial charge in [0.25, 0.3) is 0 Å². The van der Waals surface area contributed by atoms with E-state index in [1.165, 1.54) is 12.0 Å². The minimum Gasteiger partial charge on any atom is -0.381 e. The Morgan fingerprint density at radius 1 is 1.59 bits per heavy atom. The van der Waals surface area contributed by atoms with E-state index >= 15 is 0 Å². The minimum absolute atomic E-state index is 0.343. The number of hydrazine groups is 1. The summed E-state index contributed by atoms with van der Waals surface area (Å²) >= 11 is 0. The summed E-state index contributed by atoms with van der Waals surface area (Å²) in [6, 6.07) is 4.43. The van der Waals surface area contributed by atoms with Gasteiger partial charge in [-0.2, -0.15) is 0 Å². The van der Waals surface area contributed by atoms with E-state index in [-0.39, 0.29) is 0 Å². The normalized spacial score (nSPS) is 22.3. The molecule has 4 heteroatoms. The van der Waals surface area contributed by atoms with Crippen molar-refractivity contribution in [2.45, 2.75) is 31.7 Å². The third-order valence-electron chi connectivity index (χ3n) is 3.45. The van der Waals surface area contributed by atoms with E-state index in [1.54, 1.807) is 6.20 Å². The van der Waals surface area contributed by atoms with Gasteiger partial charge in [0.2, 0.25) is 0 Å². The number of nitrogens with one attached hydrogen (secondary N) is 1. The molecule has 2 heterocycles. The molecular formula is C13H21N3O. The van der Waals surface area contributed by atoms with Gasteiger partial charge in [0.05, 0.1) is 6.61 Å². The van der Waals surface area contributed by atoms with Crippen LogP contribution in [0.25, 0.3) is 0 Å². The second-order valence-corrected chi connectivity index (χ2v) is 4.65. The average molecular weight is 235 g/mol. The van der Waals surface area contributed by atoms with E-state index < -0.39 is 0 Å². The molecule has 1 saturated heterocycles. The molecule has 2 atom stereocenters. The quantitative estimate of drug-likeness (QED) is 0.596. The molecule has 0 bridgehead atoms. The van der Waals surface area contributed by atoms with Crippen LogP contribution < -0.4 is 11.3 Å². The Kier molecular flexibility index (Phi) is 4.91. The van der Waals surface area contributed by atoms with Crippen LogP contribution in [0.2, 0.25) is 0 Å². The molecule has 1 aliphatic heterocycles. The van der Waals surface area contributed by atoms with Crippen molar-refractivity contribution in [1.82, 2.24) is 10.4 Å². The van der Waals surface area contributed by atoms with Crippen molar-refractivity contribution in [3.63, 3.8) is 0 Å². The number of rotatable bonds is 5. The molecule has 1 aliphatic rings. The first kappa shape index (κ1) is 12.5. The van der Waals surface area contributed by atoms with E-state index in [1.807, 2.05) is 12.3 Å². The van der Waals surface area contributed by atoms with E-state index in [4.69, 9.17) is 10.6 Å². The summed E-state index contributed by atoms with van der Waals surface area (Å²) in [5.41, 5.74) is 4.21. The summed E-state index contributed by atoms with van der Waals surface area (Å²) in [6.45, 7) is 1.73. The van der Waals surface area contributed by atoms with Gasteiger partial charge in [-0.3, -0.25) is 16.3 Å². The van der Waals surface area contributed by atoms with Gasteiger partial charge in [-0.1, -0.05) is 6.07 Å². The van der Waals surface area contributed by atoms with Crippen LogP contribution in [0.4, 0.5) is 0 Å². The Morgan fingerprint density at radius 3 is 3.18 bits per heavy atom. The predicted molar refractivity (Wildman–Crippen MR) is 67.2 cm³/mol. The second-order valence-electron chi connectivity index (χ2n) is 4.65. The van der Waals surface area contributed by atoms with Gasteiger partial charge in [-0.25, -0.2) is 0 Å². The Morgan fingerprint density at radius 2 is 2.53 bits per heavy atom. The molecule has 0 amide bonds. The standard InChI is InChI=1S/C13H21N3O/c14-16-13(12-4-2-8-17-10-12)6-5-11-3-1-7-15-9-11/h1,3,7,9,12-13,16H,2,4-6,8,10,14H2. The first-order chi connectivity index (χ1) is 8.40. The lowest BCUT2D eigenvalue weighted by atomic mass is 9.90. The summed E-state index contributed by atoms with van der Waals surface area (Å²) in [5, 5.41) is 0. The first-order valence-electron chi connectivity index (χ1n) is 6.33. The molecule has 1 aromatic heterocycles. The lowest BCUT2D eigenvalue weighted by molar-refractivity contribution is 0.0380. The van der Waals surface area contributed by atoms with Crippen LogP contribution in [-0.2, 0) is 11.2 Å². The van der Waals surface area contributed by atoms with Gasteiger partial charge in [0.15, 0.2) is 0 Å². The number of ether oxygens (including phenoxy) is 1. The van der Waals surface area contributed by atoms with Crippen LogP contribution in [0.5, 0.6) is 0 Å². The molecule has 94 valence electrons. The zero-order valence-corrected chi connectivity index (χ0v) is 10.1. The highest BCUT2D eigenvalue weighted by Gasteiger charge is 2.22. The SMILES string of the molecule is NNC(CCc1cccnc1)C1CCCOC1. The fourth-order valence-electron chi connectivity index (χ4n) is 2.41. The number of hydrogen-bond acceptors (Lipinski definition) is 4. The van der Waals surface area contributed by atoms with Crippen molar-refractivity contribution in [3.05, 3.63) is 30.1 Å². The molecule has 0 aromatic carbocycles. The summed E-state index contributed by atoms with van der Waals surface area (Å²) in [7, 11) is 0. The number of hydrogen-bond donors (Lipinski definition) is 2. The fourth-order valence-corrected chi connectivity index (χ4v) is 2.41. The zero-order chi connectivity index (χ0) is 11.9. The van der Waals surface area contributed by atoms with Crippen molar-refractivity contribution in [3.8, 4) is 0 Å².